The predicted octanol–water partition coefficient (Wildman–Crippen LogP) is 3.94. The molecule has 32 heavy (non-hydrogen) atoms. The molecule has 1 aromatic carbocycles. The summed E-state index contributed by atoms with van der Waals surface area (Å²) >= 11 is 0. The van der Waals surface area contributed by atoms with E-state index < -0.39 is 0 Å². The molecular formula is C25H31N5O2. The van der Waals surface area contributed by atoms with Crippen molar-refractivity contribution in [3.05, 3.63) is 64.5 Å². The Balaban J connectivity index is 1.29. The van der Waals surface area contributed by atoms with E-state index in [4.69, 9.17) is 14.5 Å². The molecule has 2 aromatic heterocycles. The Hall–Kier alpha value is -2.90. The lowest BCUT2D eigenvalue weighted by molar-refractivity contribution is -0.0351. The molecule has 1 N–H and O–H groups in total. The maximum atomic E-state index is 6.11. The highest BCUT2D eigenvalue weighted by atomic mass is 16.5. The molecule has 168 valence electrons. The summed E-state index contributed by atoms with van der Waals surface area (Å²) in [4.78, 5) is 7.26. The fourth-order valence-corrected chi connectivity index (χ4v) is 4.69. The fourth-order valence-electron chi connectivity index (χ4n) is 4.69. The molecule has 0 amide bonds. The van der Waals surface area contributed by atoms with E-state index in [9.17, 15) is 0 Å². The van der Waals surface area contributed by atoms with Crippen molar-refractivity contribution in [3.63, 3.8) is 0 Å². The molecule has 3 aromatic rings. The highest BCUT2D eigenvalue weighted by molar-refractivity contribution is 5.52. The minimum absolute atomic E-state index is 0.0589. The van der Waals surface area contributed by atoms with Crippen molar-refractivity contribution in [2.24, 2.45) is 7.05 Å². The second-order valence-corrected chi connectivity index (χ2v) is 8.75. The van der Waals surface area contributed by atoms with Crippen LogP contribution in [0.5, 0.6) is 5.75 Å². The van der Waals surface area contributed by atoms with Crippen LogP contribution in [0.15, 0.2) is 36.4 Å². The van der Waals surface area contributed by atoms with Gasteiger partial charge in [-0.3, -0.25) is 9.58 Å². The summed E-state index contributed by atoms with van der Waals surface area (Å²) in [5, 5.41) is 7.77. The van der Waals surface area contributed by atoms with Gasteiger partial charge in [0.15, 0.2) is 5.82 Å². The topological polar surface area (TPSA) is 64.4 Å². The summed E-state index contributed by atoms with van der Waals surface area (Å²) in [6.45, 7) is 5.29. The van der Waals surface area contributed by atoms with Crippen LogP contribution in [0.25, 0.3) is 0 Å². The number of hydrogen-bond acceptors (Lipinski definition) is 6. The average Bonchev–Trinajstić information content (AvgIpc) is 3.38. The second kappa shape index (κ2) is 8.92. The Morgan fingerprint density at radius 1 is 1.16 bits per heavy atom. The van der Waals surface area contributed by atoms with Gasteiger partial charge in [0.05, 0.1) is 19.4 Å². The number of morpholine rings is 1. The summed E-state index contributed by atoms with van der Waals surface area (Å²) in [6, 6.07) is 12.6. The molecule has 5 rings (SSSR count). The molecule has 1 unspecified atom stereocenters. The van der Waals surface area contributed by atoms with E-state index in [-0.39, 0.29) is 6.10 Å². The van der Waals surface area contributed by atoms with Crippen LogP contribution < -0.4 is 10.1 Å². The maximum absolute atomic E-state index is 6.11. The minimum Gasteiger partial charge on any atom is -0.496 e. The van der Waals surface area contributed by atoms with E-state index >= 15 is 0 Å². The van der Waals surface area contributed by atoms with Crippen LogP contribution in [0.3, 0.4) is 0 Å². The molecule has 3 heterocycles. The number of methoxy groups -OCH3 is 1. The summed E-state index contributed by atoms with van der Waals surface area (Å²) in [6.07, 6.45) is 3.53. The standard InChI is InChI=1S/C25H31N5O2/c1-17-12-25(28-29(17)2)27-24-9-5-8-21(26-24)23-16-30(10-11-32-23)15-20-13-18-6-4-7-19(18)14-22(20)31-3/h5,8-9,12-14,23H,4,6-7,10-11,15-16H2,1-3H3,(H,26,27,28). The number of ether oxygens (including phenoxy) is 2. The summed E-state index contributed by atoms with van der Waals surface area (Å²) in [5.74, 6) is 2.58. The first kappa shape index (κ1) is 21.0. The Kier molecular flexibility index (Phi) is 5.85. The van der Waals surface area contributed by atoms with E-state index in [1.54, 1.807) is 7.11 Å². The fraction of sp³-hybridized carbons (Fsp3) is 0.440. The van der Waals surface area contributed by atoms with Gasteiger partial charge in [-0.1, -0.05) is 12.1 Å². The Morgan fingerprint density at radius 2 is 2.00 bits per heavy atom. The second-order valence-electron chi connectivity index (χ2n) is 8.75. The first-order valence-electron chi connectivity index (χ1n) is 11.4. The molecule has 1 atom stereocenters. The van der Waals surface area contributed by atoms with Crippen molar-refractivity contribution in [2.75, 3.05) is 32.1 Å². The smallest absolute Gasteiger partial charge is 0.153 e. The number of hydrogen-bond donors (Lipinski definition) is 1. The molecule has 2 aliphatic rings. The predicted molar refractivity (Wildman–Crippen MR) is 124 cm³/mol. The number of aromatic nitrogens is 3. The Bertz CT molecular complexity index is 1090. The van der Waals surface area contributed by atoms with Gasteiger partial charge in [0.1, 0.15) is 17.7 Å². The summed E-state index contributed by atoms with van der Waals surface area (Å²) in [5.41, 5.74) is 6.23. The quantitative estimate of drug-likeness (QED) is 0.635. The van der Waals surface area contributed by atoms with Gasteiger partial charge in [-0.25, -0.2) is 4.98 Å². The maximum Gasteiger partial charge on any atom is 0.153 e. The van der Waals surface area contributed by atoms with Crippen molar-refractivity contribution in [1.29, 1.82) is 0 Å². The number of rotatable bonds is 6. The number of anilines is 2. The van der Waals surface area contributed by atoms with Crippen molar-refractivity contribution >= 4 is 11.6 Å². The first-order valence-corrected chi connectivity index (χ1v) is 11.4. The molecule has 1 aliphatic heterocycles. The third kappa shape index (κ3) is 4.36. The van der Waals surface area contributed by atoms with Crippen LogP contribution in [-0.4, -0.2) is 46.5 Å². The molecule has 0 radical (unpaired) electrons. The van der Waals surface area contributed by atoms with Crippen LogP contribution in [0.4, 0.5) is 11.6 Å². The zero-order valence-corrected chi connectivity index (χ0v) is 19.1. The van der Waals surface area contributed by atoms with Gasteiger partial charge in [-0.15, -0.1) is 0 Å². The summed E-state index contributed by atoms with van der Waals surface area (Å²) in [7, 11) is 3.71. The van der Waals surface area contributed by atoms with E-state index in [0.717, 1.165) is 48.4 Å². The molecule has 7 nitrogen and oxygen atoms in total. The number of fused-ring (bicyclic) bond motifs is 1. The van der Waals surface area contributed by atoms with Crippen molar-refractivity contribution < 1.29 is 9.47 Å². The molecule has 0 saturated carbocycles. The lowest BCUT2D eigenvalue weighted by atomic mass is 10.0. The zero-order chi connectivity index (χ0) is 22.1. The Morgan fingerprint density at radius 3 is 2.78 bits per heavy atom. The number of nitrogens with zero attached hydrogens (tertiary/aromatic N) is 4. The molecule has 0 spiro atoms. The monoisotopic (exact) mass is 433 g/mol. The van der Waals surface area contributed by atoms with Crippen LogP contribution >= 0.6 is 0 Å². The van der Waals surface area contributed by atoms with Gasteiger partial charge >= 0.3 is 0 Å². The highest BCUT2D eigenvalue weighted by Crippen LogP contribution is 2.32. The minimum atomic E-state index is -0.0589. The Labute approximate surface area is 189 Å². The third-order valence-corrected chi connectivity index (χ3v) is 6.51. The number of pyridine rings is 1. The first-order chi connectivity index (χ1) is 15.6. The average molecular weight is 434 g/mol. The van der Waals surface area contributed by atoms with E-state index in [1.807, 2.05) is 42.9 Å². The molecule has 0 bridgehead atoms. The highest BCUT2D eigenvalue weighted by Gasteiger charge is 2.25. The van der Waals surface area contributed by atoms with Crippen molar-refractivity contribution in [3.8, 4) is 5.75 Å². The lowest BCUT2D eigenvalue weighted by Crippen LogP contribution is -2.38. The lowest BCUT2D eigenvalue weighted by Gasteiger charge is -2.33. The van der Waals surface area contributed by atoms with Gasteiger partial charge in [0.25, 0.3) is 0 Å². The SMILES string of the molecule is COc1cc2c(cc1CN1CCOC(c3cccc(Nc4cc(C)n(C)n4)n3)C1)CCC2. The molecule has 7 heteroatoms. The molecule has 1 saturated heterocycles. The molecule has 1 aliphatic carbocycles. The van der Waals surface area contributed by atoms with Crippen LogP contribution in [0.2, 0.25) is 0 Å². The van der Waals surface area contributed by atoms with Gasteiger partial charge in [0.2, 0.25) is 0 Å². The molecule has 1 fully saturated rings. The normalized spacial score (nSPS) is 18.5. The zero-order valence-electron chi connectivity index (χ0n) is 19.1. The third-order valence-electron chi connectivity index (χ3n) is 6.51. The number of aryl methyl sites for hydroxylation is 4. The van der Waals surface area contributed by atoms with Crippen LogP contribution in [0, 0.1) is 6.92 Å². The van der Waals surface area contributed by atoms with E-state index in [0.29, 0.717) is 6.61 Å². The number of nitrogens with one attached hydrogen (secondary N) is 1. The van der Waals surface area contributed by atoms with Crippen molar-refractivity contribution in [1.82, 2.24) is 19.7 Å². The summed E-state index contributed by atoms with van der Waals surface area (Å²) < 4.78 is 13.7. The van der Waals surface area contributed by atoms with Gasteiger partial charge in [-0.2, -0.15) is 5.10 Å². The van der Waals surface area contributed by atoms with Crippen molar-refractivity contribution in [2.45, 2.75) is 38.8 Å². The van der Waals surface area contributed by atoms with Gasteiger partial charge in [0, 0.05) is 44.0 Å². The molecular weight excluding hydrogens is 402 g/mol. The van der Waals surface area contributed by atoms with Crippen LogP contribution in [-0.2, 0) is 31.2 Å². The van der Waals surface area contributed by atoms with E-state index in [1.165, 1.54) is 36.0 Å². The van der Waals surface area contributed by atoms with Crippen LogP contribution in [0.1, 0.15) is 40.6 Å². The van der Waals surface area contributed by atoms with Gasteiger partial charge in [-0.05, 0) is 55.5 Å². The van der Waals surface area contributed by atoms with Gasteiger partial charge < -0.3 is 14.8 Å². The van der Waals surface area contributed by atoms with E-state index in [2.05, 4.69) is 27.4 Å². The largest absolute Gasteiger partial charge is 0.496 e. The number of benzene rings is 1.